The molecule has 5 rings (SSSR count). The van der Waals surface area contributed by atoms with E-state index < -0.39 is 0 Å². The summed E-state index contributed by atoms with van der Waals surface area (Å²) in [7, 11) is 4.05. The molecule has 4 aliphatic heterocycles. The van der Waals surface area contributed by atoms with E-state index >= 15 is 0 Å². The third-order valence-corrected chi connectivity index (χ3v) is 5.56. The van der Waals surface area contributed by atoms with Crippen LogP contribution in [-0.4, -0.2) is 62.0 Å². The molecule has 118 valence electrons. The molecule has 4 heterocycles. The first kappa shape index (κ1) is 14.1. The van der Waals surface area contributed by atoms with E-state index in [2.05, 4.69) is 14.7 Å². The minimum atomic E-state index is 0.227. The number of carbonyl (C=O) groups is 1. The molecule has 1 amide bonds. The lowest BCUT2D eigenvalue weighted by atomic mass is 9.84. The van der Waals surface area contributed by atoms with E-state index in [1.807, 2.05) is 38.4 Å². The Balaban J connectivity index is 1.57. The lowest BCUT2D eigenvalue weighted by molar-refractivity contribution is 0.0573. The maximum Gasteiger partial charge on any atom is 0.254 e. The molecule has 4 heteroatoms. The van der Waals surface area contributed by atoms with Gasteiger partial charge in [0.05, 0.1) is 0 Å². The van der Waals surface area contributed by atoms with Crippen LogP contribution in [-0.2, 0) is 0 Å². The van der Waals surface area contributed by atoms with Crippen LogP contribution in [0, 0.1) is 11.8 Å². The van der Waals surface area contributed by atoms with Crippen molar-refractivity contribution in [1.82, 2.24) is 9.80 Å². The molecule has 4 unspecified atom stereocenters. The third kappa shape index (κ3) is 2.39. The molecule has 0 N–H and O–H groups in total. The highest BCUT2D eigenvalue weighted by Crippen LogP contribution is 2.37. The fourth-order valence-electron chi connectivity index (χ4n) is 4.60. The highest BCUT2D eigenvalue weighted by atomic mass is 16.2. The van der Waals surface area contributed by atoms with E-state index in [-0.39, 0.29) is 5.91 Å². The molecule has 0 radical (unpaired) electrons. The van der Waals surface area contributed by atoms with E-state index in [9.17, 15) is 4.79 Å². The van der Waals surface area contributed by atoms with Gasteiger partial charge in [0.25, 0.3) is 5.91 Å². The van der Waals surface area contributed by atoms with Crippen molar-refractivity contribution < 1.29 is 4.79 Å². The molecule has 4 fully saturated rings. The monoisotopic (exact) mass is 299 g/mol. The van der Waals surface area contributed by atoms with Crippen LogP contribution in [0.25, 0.3) is 0 Å². The molecule has 4 aliphatic rings. The second kappa shape index (κ2) is 5.27. The normalized spacial score (nSPS) is 32.9. The van der Waals surface area contributed by atoms with Crippen molar-refractivity contribution in [3.8, 4) is 0 Å². The van der Waals surface area contributed by atoms with E-state index in [0.717, 1.165) is 30.3 Å². The van der Waals surface area contributed by atoms with Crippen molar-refractivity contribution in [2.45, 2.75) is 18.9 Å². The Kier molecular flexibility index (Phi) is 3.37. The van der Waals surface area contributed by atoms with E-state index in [4.69, 9.17) is 0 Å². The van der Waals surface area contributed by atoms with Crippen LogP contribution in [0.2, 0.25) is 0 Å². The Labute approximate surface area is 132 Å². The number of anilines is 1. The third-order valence-electron chi connectivity index (χ3n) is 5.56. The molecule has 0 saturated carbocycles. The summed E-state index contributed by atoms with van der Waals surface area (Å²) < 4.78 is 0. The number of hydrogen-bond acceptors (Lipinski definition) is 3. The molecule has 1 aromatic carbocycles. The average Bonchev–Trinajstić information content (AvgIpc) is 2.70. The number of carbonyl (C=O) groups excluding carboxylic acids is 1. The summed E-state index contributed by atoms with van der Waals surface area (Å²) in [5.74, 6) is 1.72. The lowest BCUT2D eigenvalue weighted by Crippen LogP contribution is -2.50. The molecule has 4 nitrogen and oxygen atoms in total. The number of fused-ring (bicyclic) bond motifs is 1. The van der Waals surface area contributed by atoms with Gasteiger partial charge in [0.2, 0.25) is 0 Å². The number of piperidine rings is 2. The zero-order valence-electron chi connectivity index (χ0n) is 13.5. The molecular formula is C18H25N3O. The number of nitrogens with zero attached hydrogens (tertiary/aromatic N) is 3. The molecule has 0 aromatic heterocycles. The molecule has 4 saturated heterocycles. The van der Waals surface area contributed by atoms with Crippen LogP contribution in [0.3, 0.4) is 0 Å². The summed E-state index contributed by atoms with van der Waals surface area (Å²) in [6, 6.07) is 8.46. The summed E-state index contributed by atoms with van der Waals surface area (Å²) in [6.45, 7) is 4.48. The van der Waals surface area contributed by atoms with Crippen molar-refractivity contribution in [1.29, 1.82) is 0 Å². The SMILES string of the molecule is CN(C)c1ccc(C(=O)N2CC3CC4CC2CN(C4)C3)cc1. The van der Waals surface area contributed by atoms with Gasteiger partial charge in [0.15, 0.2) is 0 Å². The first-order chi connectivity index (χ1) is 10.6. The van der Waals surface area contributed by atoms with Gasteiger partial charge < -0.3 is 14.7 Å². The Bertz CT molecular complexity index is 554. The van der Waals surface area contributed by atoms with Gasteiger partial charge in [0, 0.05) is 57.6 Å². The molecule has 4 bridgehead atoms. The van der Waals surface area contributed by atoms with Crippen molar-refractivity contribution in [3.05, 3.63) is 29.8 Å². The molecule has 1 aromatic rings. The Morgan fingerprint density at radius 3 is 2.41 bits per heavy atom. The Hall–Kier alpha value is -1.55. The fourth-order valence-corrected chi connectivity index (χ4v) is 4.60. The van der Waals surface area contributed by atoms with Gasteiger partial charge in [-0.25, -0.2) is 0 Å². The van der Waals surface area contributed by atoms with Crippen LogP contribution in [0.5, 0.6) is 0 Å². The summed E-state index contributed by atoms with van der Waals surface area (Å²) in [4.78, 5) is 19.8. The topological polar surface area (TPSA) is 26.8 Å². The largest absolute Gasteiger partial charge is 0.378 e. The average molecular weight is 299 g/mol. The number of hydrogen-bond donors (Lipinski definition) is 0. The maximum atomic E-state index is 13.0. The van der Waals surface area contributed by atoms with Crippen molar-refractivity contribution in [2.24, 2.45) is 11.8 Å². The van der Waals surface area contributed by atoms with Crippen molar-refractivity contribution >= 4 is 11.6 Å². The Morgan fingerprint density at radius 2 is 1.73 bits per heavy atom. The minimum absolute atomic E-state index is 0.227. The highest BCUT2D eigenvalue weighted by Gasteiger charge is 2.43. The summed E-state index contributed by atoms with van der Waals surface area (Å²) >= 11 is 0. The summed E-state index contributed by atoms with van der Waals surface area (Å²) in [5.41, 5.74) is 1.97. The van der Waals surface area contributed by atoms with E-state index in [0.29, 0.717) is 12.0 Å². The zero-order valence-corrected chi connectivity index (χ0v) is 13.5. The van der Waals surface area contributed by atoms with Crippen LogP contribution >= 0.6 is 0 Å². The predicted molar refractivity (Wildman–Crippen MR) is 88.2 cm³/mol. The number of rotatable bonds is 2. The lowest BCUT2D eigenvalue weighted by Gasteiger charge is -2.41. The number of benzene rings is 1. The smallest absolute Gasteiger partial charge is 0.254 e. The first-order valence-corrected chi connectivity index (χ1v) is 8.41. The van der Waals surface area contributed by atoms with Crippen LogP contribution in [0.1, 0.15) is 23.2 Å². The van der Waals surface area contributed by atoms with Gasteiger partial charge in [-0.05, 0) is 48.9 Å². The van der Waals surface area contributed by atoms with Gasteiger partial charge in [-0.1, -0.05) is 0 Å². The van der Waals surface area contributed by atoms with Crippen molar-refractivity contribution in [3.63, 3.8) is 0 Å². The minimum Gasteiger partial charge on any atom is -0.378 e. The van der Waals surface area contributed by atoms with Crippen LogP contribution in [0.15, 0.2) is 24.3 Å². The van der Waals surface area contributed by atoms with Gasteiger partial charge in [-0.2, -0.15) is 0 Å². The van der Waals surface area contributed by atoms with Gasteiger partial charge in [0.1, 0.15) is 0 Å². The number of amides is 1. The first-order valence-electron chi connectivity index (χ1n) is 8.41. The van der Waals surface area contributed by atoms with Gasteiger partial charge >= 0.3 is 0 Å². The maximum absolute atomic E-state index is 13.0. The van der Waals surface area contributed by atoms with Crippen LogP contribution in [0.4, 0.5) is 5.69 Å². The zero-order chi connectivity index (χ0) is 15.3. The Morgan fingerprint density at radius 1 is 1.00 bits per heavy atom. The van der Waals surface area contributed by atoms with Gasteiger partial charge in [-0.15, -0.1) is 0 Å². The molecule has 22 heavy (non-hydrogen) atoms. The quantitative estimate of drug-likeness (QED) is 0.835. The van der Waals surface area contributed by atoms with E-state index in [1.54, 1.807) is 0 Å². The molecule has 4 atom stereocenters. The van der Waals surface area contributed by atoms with E-state index in [1.165, 1.54) is 25.9 Å². The summed E-state index contributed by atoms with van der Waals surface area (Å²) in [5, 5.41) is 0. The fraction of sp³-hybridized carbons (Fsp3) is 0.611. The molecular weight excluding hydrogens is 274 g/mol. The highest BCUT2D eigenvalue weighted by molar-refractivity contribution is 5.95. The molecule has 0 spiro atoms. The van der Waals surface area contributed by atoms with Gasteiger partial charge in [-0.3, -0.25) is 4.79 Å². The standard InChI is InChI=1S/C18H25N3O/c1-19(2)16-5-3-15(4-6-16)18(22)21-11-14-7-13-8-17(21)12-20(9-13)10-14/h3-6,13-14,17H,7-12H2,1-2H3. The second-order valence-electron chi connectivity index (χ2n) is 7.47. The predicted octanol–water partition coefficient (Wildman–Crippen LogP) is 1.92. The molecule has 0 aliphatic carbocycles. The van der Waals surface area contributed by atoms with Crippen molar-refractivity contribution in [2.75, 3.05) is 45.2 Å². The summed E-state index contributed by atoms with van der Waals surface area (Å²) in [6.07, 6.45) is 2.52. The second-order valence-corrected chi connectivity index (χ2v) is 7.47. The van der Waals surface area contributed by atoms with Crippen LogP contribution < -0.4 is 4.90 Å².